The first kappa shape index (κ1) is 15.2. The van der Waals surface area contributed by atoms with Crippen molar-refractivity contribution >= 4 is 0 Å². The first-order valence-corrected chi connectivity index (χ1v) is 7.51. The first-order chi connectivity index (χ1) is 9.48. The van der Waals surface area contributed by atoms with Crippen LogP contribution in [0.2, 0.25) is 0 Å². The summed E-state index contributed by atoms with van der Waals surface area (Å²) in [5.74, 6) is 1.86. The number of methoxy groups -OCH3 is 1. The molecule has 1 N–H and O–H groups in total. The van der Waals surface area contributed by atoms with Crippen LogP contribution in [0.4, 0.5) is 0 Å². The third-order valence-corrected chi connectivity index (χ3v) is 3.54. The minimum absolute atomic E-state index is 0.304. The van der Waals surface area contributed by atoms with Gasteiger partial charge in [0.1, 0.15) is 11.5 Å². The molecule has 112 valence electrons. The van der Waals surface area contributed by atoms with Gasteiger partial charge < -0.3 is 14.8 Å². The minimum atomic E-state index is 0.304. The summed E-state index contributed by atoms with van der Waals surface area (Å²) in [6.45, 7) is 8.32. The van der Waals surface area contributed by atoms with Crippen molar-refractivity contribution in [2.24, 2.45) is 5.41 Å². The van der Waals surface area contributed by atoms with Crippen LogP contribution in [0.5, 0.6) is 11.5 Å². The fraction of sp³-hybridized carbons (Fsp3) is 0.647. The van der Waals surface area contributed by atoms with Gasteiger partial charge in [0.2, 0.25) is 0 Å². The average molecular weight is 277 g/mol. The van der Waals surface area contributed by atoms with E-state index in [0.717, 1.165) is 31.1 Å². The molecule has 0 unspecified atom stereocenters. The summed E-state index contributed by atoms with van der Waals surface area (Å²) in [7, 11) is 1.70. The number of rotatable bonds is 7. The van der Waals surface area contributed by atoms with Crippen molar-refractivity contribution in [3.63, 3.8) is 0 Å². The second-order valence-corrected chi connectivity index (χ2v) is 6.79. The molecule has 0 atom stereocenters. The molecule has 1 saturated carbocycles. The van der Waals surface area contributed by atoms with E-state index in [-0.39, 0.29) is 0 Å². The van der Waals surface area contributed by atoms with E-state index in [0.29, 0.717) is 11.5 Å². The lowest BCUT2D eigenvalue weighted by atomic mass is 9.93. The molecule has 1 aliphatic rings. The molecule has 1 aromatic rings. The molecule has 0 spiro atoms. The monoisotopic (exact) mass is 277 g/mol. The molecule has 1 aliphatic carbocycles. The molecular formula is C17H27NO2. The maximum Gasteiger partial charge on any atom is 0.124 e. The molecule has 3 nitrogen and oxygen atoms in total. The predicted molar refractivity (Wildman–Crippen MR) is 82.4 cm³/mol. The summed E-state index contributed by atoms with van der Waals surface area (Å²) in [6, 6.07) is 6.75. The largest absolute Gasteiger partial charge is 0.497 e. The number of ether oxygens (including phenoxy) is 2. The zero-order chi connectivity index (χ0) is 14.6. The Labute approximate surface area is 122 Å². The molecule has 0 aliphatic heterocycles. The van der Waals surface area contributed by atoms with E-state index in [2.05, 4.69) is 32.2 Å². The van der Waals surface area contributed by atoms with Gasteiger partial charge in [0.25, 0.3) is 0 Å². The van der Waals surface area contributed by atoms with Crippen molar-refractivity contribution < 1.29 is 9.47 Å². The summed E-state index contributed by atoms with van der Waals surface area (Å²) >= 11 is 0. The maximum atomic E-state index is 5.97. The zero-order valence-corrected chi connectivity index (χ0v) is 13.2. The molecule has 1 fully saturated rings. The molecule has 0 aromatic heterocycles. The van der Waals surface area contributed by atoms with Crippen LogP contribution in [-0.2, 0) is 6.54 Å². The number of nitrogens with one attached hydrogen (secondary N) is 1. The Kier molecular flexibility index (Phi) is 4.92. The van der Waals surface area contributed by atoms with Gasteiger partial charge in [-0.2, -0.15) is 0 Å². The summed E-state index contributed by atoms with van der Waals surface area (Å²) in [5, 5.41) is 3.54. The fourth-order valence-electron chi connectivity index (χ4n) is 1.97. The molecule has 0 radical (unpaired) electrons. The van der Waals surface area contributed by atoms with Gasteiger partial charge in [0, 0.05) is 18.2 Å². The number of benzene rings is 1. The van der Waals surface area contributed by atoms with E-state index in [1.54, 1.807) is 7.11 Å². The van der Waals surface area contributed by atoms with Crippen LogP contribution in [0, 0.1) is 5.41 Å². The van der Waals surface area contributed by atoms with E-state index in [1.165, 1.54) is 18.4 Å². The van der Waals surface area contributed by atoms with Gasteiger partial charge in [-0.1, -0.05) is 20.8 Å². The van der Waals surface area contributed by atoms with Crippen LogP contribution < -0.4 is 14.8 Å². The third-order valence-electron chi connectivity index (χ3n) is 3.54. The van der Waals surface area contributed by atoms with Crippen LogP contribution in [0.15, 0.2) is 18.2 Å². The topological polar surface area (TPSA) is 30.5 Å². The lowest BCUT2D eigenvalue weighted by Crippen LogP contribution is -2.17. The summed E-state index contributed by atoms with van der Waals surface area (Å²) < 4.78 is 11.3. The molecule has 0 heterocycles. The quantitative estimate of drug-likeness (QED) is 0.823. The molecule has 0 amide bonds. The van der Waals surface area contributed by atoms with Crippen molar-refractivity contribution in [1.82, 2.24) is 5.32 Å². The van der Waals surface area contributed by atoms with E-state index >= 15 is 0 Å². The van der Waals surface area contributed by atoms with Gasteiger partial charge in [-0.15, -0.1) is 0 Å². The highest BCUT2D eigenvalue weighted by atomic mass is 16.5. The van der Waals surface area contributed by atoms with Crippen LogP contribution in [0.3, 0.4) is 0 Å². The van der Waals surface area contributed by atoms with Crippen LogP contribution in [0.25, 0.3) is 0 Å². The second kappa shape index (κ2) is 6.49. The van der Waals surface area contributed by atoms with Gasteiger partial charge in [0.05, 0.1) is 13.7 Å². The van der Waals surface area contributed by atoms with E-state index in [4.69, 9.17) is 9.47 Å². The van der Waals surface area contributed by atoms with Gasteiger partial charge >= 0.3 is 0 Å². The summed E-state index contributed by atoms with van der Waals surface area (Å²) in [6.07, 6.45) is 3.64. The molecule has 1 aromatic carbocycles. The highest BCUT2D eigenvalue weighted by Gasteiger charge is 2.21. The zero-order valence-electron chi connectivity index (χ0n) is 13.2. The van der Waals surface area contributed by atoms with Crippen molar-refractivity contribution in [3.05, 3.63) is 23.8 Å². The fourth-order valence-corrected chi connectivity index (χ4v) is 1.97. The standard InChI is InChI=1S/C17H27NO2/c1-17(2,3)9-10-20-16-8-7-15(19-4)11-13(16)12-18-14-5-6-14/h7-8,11,14,18H,5-6,9-10,12H2,1-4H3. The van der Waals surface area contributed by atoms with Crippen molar-refractivity contribution in [1.29, 1.82) is 0 Å². The normalized spacial score (nSPS) is 15.2. The van der Waals surface area contributed by atoms with Gasteiger partial charge in [0.15, 0.2) is 0 Å². The average Bonchev–Trinajstić information content (AvgIpc) is 3.20. The Morgan fingerprint density at radius 2 is 2.00 bits per heavy atom. The lowest BCUT2D eigenvalue weighted by Gasteiger charge is -2.19. The molecule has 3 heteroatoms. The van der Waals surface area contributed by atoms with E-state index < -0.39 is 0 Å². The second-order valence-electron chi connectivity index (χ2n) is 6.79. The molecule has 0 bridgehead atoms. The van der Waals surface area contributed by atoms with Crippen molar-refractivity contribution in [2.75, 3.05) is 13.7 Å². The Morgan fingerprint density at radius 1 is 1.25 bits per heavy atom. The highest BCUT2D eigenvalue weighted by Crippen LogP contribution is 2.27. The van der Waals surface area contributed by atoms with Gasteiger partial charge in [-0.25, -0.2) is 0 Å². The highest BCUT2D eigenvalue weighted by molar-refractivity contribution is 5.40. The Hall–Kier alpha value is -1.22. The summed E-state index contributed by atoms with van der Waals surface area (Å²) in [4.78, 5) is 0. The summed E-state index contributed by atoms with van der Waals surface area (Å²) in [5.41, 5.74) is 1.49. The van der Waals surface area contributed by atoms with E-state index in [9.17, 15) is 0 Å². The van der Waals surface area contributed by atoms with Gasteiger partial charge in [-0.3, -0.25) is 0 Å². The van der Waals surface area contributed by atoms with Crippen molar-refractivity contribution in [2.45, 2.75) is 52.6 Å². The Balaban J connectivity index is 1.97. The number of hydrogen-bond donors (Lipinski definition) is 1. The van der Waals surface area contributed by atoms with Crippen LogP contribution in [-0.4, -0.2) is 19.8 Å². The number of hydrogen-bond acceptors (Lipinski definition) is 3. The lowest BCUT2D eigenvalue weighted by molar-refractivity contribution is 0.240. The Morgan fingerprint density at radius 3 is 2.60 bits per heavy atom. The minimum Gasteiger partial charge on any atom is -0.497 e. The smallest absolute Gasteiger partial charge is 0.124 e. The van der Waals surface area contributed by atoms with Crippen molar-refractivity contribution in [3.8, 4) is 11.5 Å². The van der Waals surface area contributed by atoms with Crippen LogP contribution in [0.1, 0.15) is 45.6 Å². The molecule has 2 rings (SSSR count). The Bertz CT molecular complexity index is 433. The van der Waals surface area contributed by atoms with E-state index in [1.807, 2.05) is 12.1 Å². The first-order valence-electron chi connectivity index (χ1n) is 7.51. The van der Waals surface area contributed by atoms with Crippen LogP contribution >= 0.6 is 0 Å². The maximum absolute atomic E-state index is 5.97. The molecular weight excluding hydrogens is 250 g/mol. The predicted octanol–water partition coefficient (Wildman–Crippen LogP) is 3.76. The molecule has 0 saturated heterocycles. The third kappa shape index (κ3) is 5.04. The SMILES string of the molecule is COc1ccc(OCCC(C)(C)C)c(CNC2CC2)c1. The van der Waals surface area contributed by atoms with Gasteiger partial charge in [-0.05, 0) is 42.9 Å². The molecule has 20 heavy (non-hydrogen) atoms.